The summed E-state index contributed by atoms with van der Waals surface area (Å²) in [6, 6.07) is 0. The van der Waals surface area contributed by atoms with Crippen LogP contribution in [0.3, 0.4) is 0 Å². The maximum atomic E-state index is 4.25. The van der Waals surface area contributed by atoms with Crippen LogP contribution < -0.4 is 0 Å². The standard InChI is InChI=1S/C6H7N/c1-2-6-5(1)3-4-7-6/h1H,2-4H2. The lowest BCUT2D eigenvalue weighted by Gasteiger charge is -2.08. The summed E-state index contributed by atoms with van der Waals surface area (Å²) in [5.74, 6) is 0. The third kappa shape index (κ3) is 0.303. The molecule has 0 aromatic heterocycles. The molecule has 1 heteroatoms. The first-order chi connectivity index (χ1) is 3.47. The zero-order valence-corrected chi connectivity index (χ0v) is 4.15. The first kappa shape index (κ1) is 3.42. The highest BCUT2D eigenvalue weighted by Gasteiger charge is 2.18. The van der Waals surface area contributed by atoms with Crippen LogP contribution in [-0.4, -0.2) is 12.3 Å². The lowest BCUT2D eigenvalue weighted by molar-refractivity contribution is 1.04. The number of fused-ring (bicyclic) bond motifs is 1. The van der Waals surface area contributed by atoms with Crippen molar-refractivity contribution in [3.8, 4) is 0 Å². The molecule has 0 aromatic rings. The van der Waals surface area contributed by atoms with Crippen molar-refractivity contribution in [3.63, 3.8) is 0 Å². The molecule has 1 heterocycles. The third-order valence-corrected chi connectivity index (χ3v) is 1.60. The van der Waals surface area contributed by atoms with E-state index >= 15 is 0 Å². The fourth-order valence-corrected chi connectivity index (χ4v) is 1.06. The number of allylic oxidation sites excluding steroid dienone is 1. The van der Waals surface area contributed by atoms with Crippen molar-refractivity contribution in [3.05, 3.63) is 11.6 Å². The van der Waals surface area contributed by atoms with Gasteiger partial charge >= 0.3 is 0 Å². The molecule has 0 amide bonds. The van der Waals surface area contributed by atoms with Crippen LogP contribution in [-0.2, 0) is 0 Å². The van der Waals surface area contributed by atoms with Crippen LogP contribution in [0.25, 0.3) is 0 Å². The van der Waals surface area contributed by atoms with Crippen molar-refractivity contribution in [2.24, 2.45) is 4.99 Å². The molecular formula is C6H7N. The minimum Gasteiger partial charge on any atom is -0.289 e. The Morgan fingerprint density at radius 3 is 2.86 bits per heavy atom. The van der Waals surface area contributed by atoms with Gasteiger partial charge in [0.05, 0.1) is 0 Å². The van der Waals surface area contributed by atoms with Gasteiger partial charge in [-0.25, -0.2) is 0 Å². The van der Waals surface area contributed by atoms with Crippen LogP contribution >= 0.6 is 0 Å². The highest BCUT2D eigenvalue weighted by atomic mass is 14.8. The summed E-state index contributed by atoms with van der Waals surface area (Å²) in [6.07, 6.45) is 4.64. The highest BCUT2D eigenvalue weighted by Crippen LogP contribution is 2.23. The maximum Gasteiger partial charge on any atom is 0.0433 e. The van der Waals surface area contributed by atoms with Gasteiger partial charge in [0.2, 0.25) is 0 Å². The van der Waals surface area contributed by atoms with E-state index in [2.05, 4.69) is 11.1 Å². The number of hydrogen-bond donors (Lipinski definition) is 0. The van der Waals surface area contributed by atoms with Crippen LogP contribution in [0.5, 0.6) is 0 Å². The Bertz CT molecular complexity index is 154. The summed E-state index contributed by atoms with van der Waals surface area (Å²) in [6.45, 7) is 1.06. The smallest absolute Gasteiger partial charge is 0.0433 e. The van der Waals surface area contributed by atoms with E-state index in [1.807, 2.05) is 0 Å². The summed E-state index contributed by atoms with van der Waals surface area (Å²) in [5.41, 5.74) is 2.89. The Hall–Kier alpha value is -0.590. The SMILES string of the molecule is C1=C2CCN=C2C1. The van der Waals surface area contributed by atoms with Gasteiger partial charge in [0, 0.05) is 18.7 Å². The fourth-order valence-electron chi connectivity index (χ4n) is 1.06. The van der Waals surface area contributed by atoms with Gasteiger partial charge in [0.1, 0.15) is 0 Å². The zero-order valence-electron chi connectivity index (χ0n) is 4.15. The molecule has 0 fully saturated rings. The van der Waals surface area contributed by atoms with Crippen LogP contribution in [0.1, 0.15) is 12.8 Å². The summed E-state index contributed by atoms with van der Waals surface area (Å²) < 4.78 is 0. The van der Waals surface area contributed by atoms with Gasteiger partial charge in [-0.2, -0.15) is 0 Å². The first-order valence-corrected chi connectivity index (χ1v) is 2.69. The molecule has 0 N–H and O–H groups in total. The van der Waals surface area contributed by atoms with Crippen molar-refractivity contribution >= 4 is 5.71 Å². The molecule has 0 saturated carbocycles. The summed E-state index contributed by atoms with van der Waals surface area (Å²) >= 11 is 0. The van der Waals surface area contributed by atoms with Crippen molar-refractivity contribution in [2.45, 2.75) is 12.8 Å². The van der Waals surface area contributed by atoms with Gasteiger partial charge in [-0.1, -0.05) is 6.08 Å². The Balaban J connectivity index is 2.45. The minimum atomic E-state index is 1.06. The average Bonchev–Trinajstić information content (AvgIpc) is 1.85. The van der Waals surface area contributed by atoms with Gasteiger partial charge in [-0.05, 0) is 12.0 Å². The van der Waals surface area contributed by atoms with Gasteiger partial charge in [0.25, 0.3) is 0 Å². The molecule has 1 nitrogen and oxygen atoms in total. The second kappa shape index (κ2) is 0.971. The van der Waals surface area contributed by atoms with Gasteiger partial charge in [-0.3, -0.25) is 4.99 Å². The Kier molecular flexibility index (Phi) is 0.474. The molecule has 0 aromatic carbocycles. The molecular weight excluding hydrogens is 86.1 g/mol. The summed E-state index contributed by atoms with van der Waals surface area (Å²) in [5, 5.41) is 0. The topological polar surface area (TPSA) is 12.4 Å². The van der Waals surface area contributed by atoms with E-state index in [-0.39, 0.29) is 0 Å². The van der Waals surface area contributed by atoms with Crippen molar-refractivity contribution < 1.29 is 0 Å². The van der Waals surface area contributed by atoms with Crippen molar-refractivity contribution in [1.82, 2.24) is 0 Å². The van der Waals surface area contributed by atoms with Gasteiger partial charge in [-0.15, -0.1) is 0 Å². The van der Waals surface area contributed by atoms with E-state index < -0.39 is 0 Å². The molecule has 0 radical (unpaired) electrons. The fraction of sp³-hybridized carbons (Fsp3) is 0.500. The first-order valence-electron chi connectivity index (χ1n) is 2.69. The van der Waals surface area contributed by atoms with E-state index in [0.29, 0.717) is 0 Å². The van der Waals surface area contributed by atoms with Gasteiger partial charge in [0.15, 0.2) is 0 Å². The van der Waals surface area contributed by atoms with E-state index in [0.717, 1.165) is 13.0 Å². The molecule has 0 saturated heterocycles. The Morgan fingerprint density at radius 1 is 1.57 bits per heavy atom. The Labute approximate surface area is 42.8 Å². The Morgan fingerprint density at radius 2 is 2.57 bits per heavy atom. The normalized spacial score (nSPS) is 25.1. The lowest BCUT2D eigenvalue weighted by atomic mass is 9.96. The molecule has 0 bridgehead atoms. The molecule has 2 rings (SSSR count). The largest absolute Gasteiger partial charge is 0.289 e. The maximum absolute atomic E-state index is 4.25. The molecule has 36 valence electrons. The highest BCUT2D eigenvalue weighted by molar-refractivity contribution is 6.08. The third-order valence-electron chi connectivity index (χ3n) is 1.60. The van der Waals surface area contributed by atoms with Crippen LogP contribution in [0, 0.1) is 0 Å². The molecule has 0 unspecified atom stereocenters. The predicted octanol–water partition coefficient (Wildman–Crippen LogP) is 1.16. The number of hydrogen-bond acceptors (Lipinski definition) is 1. The quantitative estimate of drug-likeness (QED) is 0.426. The lowest BCUT2D eigenvalue weighted by Crippen LogP contribution is -2.04. The van der Waals surface area contributed by atoms with E-state index in [9.17, 15) is 0 Å². The monoisotopic (exact) mass is 93.1 g/mol. The second-order valence-corrected chi connectivity index (χ2v) is 2.01. The second-order valence-electron chi connectivity index (χ2n) is 2.01. The van der Waals surface area contributed by atoms with E-state index in [4.69, 9.17) is 0 Å². The molecule has 0 spiro atoms. The van der Waals surface area contributed by atoms with Crippen LogP contribution in [0.4, 0.5) is 0 Å². The van der Waals surface area contributed by atoms with Crippen molar-refractivity contribution in [2.75, 3.05) is 6.54 Å². The number of nitrogens with zero attached hydrogens (tertiary/aromatic N) is 1. The molecule has 1 aliphatic carbocycles. The minimum absolute atomic E-state index is 1.06. The van der Waals surface area contributed by atoms with Crippen molar-refractivity contribution in [1.29, 1.82) is 0 Å². The summed E-state index contributed by atoms with van der Waals surface area (Å²) in [7, 11) is 0. The van der Waals surface area contributed by atoms with E-state index in [1.54, 1.807) is 0 Å². The average molecular weight is 93.1 g/mol. The van der Waals surface area contributed by atoms with Gasteiger partial charge < -0.3 is 0 Å². The number of rotatable bonds is 0. The molecule has 2 aliphatic rings. The zero-order chi connectivity index (χ0) is 4.69. The number of aliphatic imine (C=N–C) groups is 1. The molecule has 7 heavy (non-hydrogen) atoms. The summed E-state index contributed by atoms with van der Waals surface area (Å²) in [4.78, 5) is 4.25. The molecule has 1 aliphatic heterocycles. The molecule has 0 atom stereocenters. The van der Waals surface area contributed by atoms with Crippen LogP contribution in [0.2, 0.25) is 0 Å². The van der Waals surface area contributed by atoms with Crippen LogP contribution in [0.15, 0.2) is 16.6 Å². The predicted molar refractivity (Wildman–Crippen MR) is 29.6 cm³/mol. The van der Waals surface area contributed by atoms with E-state index in [1.165, 1.54) is 17.7 Å².